The lowest BCUT2D eigenvalue weighted by Gasteiger charge is -2.10. The molecule has 0 amide bonds. The van der Waals surface area contributed by atoms with Crippen molar-refractivity contribution in [2.45, 2.75) is 16.3 Å². The maximum absolute atomic E-state index is 12.8. The second-order valence-electron chi connectivity index (χ2n) is 5.44. The fourth-order valence-electron chi connectivity index (χ4n) is 2.35. The first-order valence-electron chi connectivity index (χ1n) is 7.99. The number of nitrogens with zero attached hydrogens (tertiary/aromatic N) is 2. The topological polar surface area (TPSA) is 62.6 Å². The van der Waals surface area contributed by atoms with Gasteiger partial charge in [-0.25, -0.2) is 4.57 Å². The summed E-state index contributed by atoms with van der Waals surface area (Å²) < 4.78 is 52.2. The molecule has 3 rings (SSSR count). The van der Waals surface area contributed by atoms with E-state index >= 15 is 0 Å². The molecule has 0 atom stereocenters. The molecule has 0 aliphatic heterocycles. The van der Waals surface area contributed by atoms with Gasteiger partial charge in [0.2, 0.25) is 0 Å². The van der Waals surface area contributed by atoms with E-state index in [1.165, 1.54) is 30.9 Å². The van der Waals surface area contributed by atoms with Crippen molar-refractivity contribution in [1.29, 1.82) is 0 Å². The predicted molar refractivity (Wildman–Crippen MR) is 97.9 cm³/mol. The third-order valence-electron chi connectivity index (χ3n) is 3.60. The van der Waals surface area contributed by atoms with Gasteiger partial charge < -0.3 is 14.2 Å². The summed E-state index contributed by atoms with van der Waals surface area (Å²) in [6.07, 6.45) is 0.365. The average Bonchev–Trinajstić information content (AvgIpc) is 2.69. The summed E-state index contributed by atoms with van der Waals surface area (Å²) >= 11 is 0.979. The Hall–Kier alpha value is -3.32. The molecule has 150 valence electrons. The van der Waals surface area contributed by atoms with Gasteiger partial charge in [0.05, 0.1) is 26.1 Å². The van der Waals surface area contributed by atoms with Crippen molar-refractivity contribution in [3.8, 4) is 22.9 Å². The molecule has 10 heteroatoms. The normalized spacial score (nSPS) is 10.9. The first-order valence-corrected chi connectivity index (χ1v) is 8.81. The van der Waals surface area contributed by atoms with E-state index in [-0.39, 0.29) is 10.8 Å². The molecule has 0 N–H and O–H groups in total. The molecule has 6 nitrogen and oxygen atoms in total. The molecular formula is C19H13F3N2O4S. The van der Waals surface area contributed by atoms with Crippen LogP contribution in [0.5, 0.6) is 17.2 Å². The Morgan fingerprint density at radius 1 is 1.03 bits per heavy atom. The lowest BCUT2D eigenvalue weighted by atomic mass is 10.2. The van der Waals surface area contributed by atoms with Gasteiger partial charge in [-0.3, -0.25) is 4.79 Å². The van der Waals surface area contributed by atoms with Crippen LogP contribution in [-0.2, 0) is 0 Å². The molecule has 0 aliphatic carbocycles. The van der Waals surface area contributed by atoms with Crippen LogP contribution in [0.15, 0.2) is 57.2 Å². The minimum absolute atomic E-state index is 0.0722. The first kappa shape index (κ1) is 20.4. The number of methoxy groups -OCH3 is 2. The average molecular weight is 422 g/mol. The summed E-state index contributed by atoms with van der Waals surface area (Å²) in [6.45, 7) is 0. The standard InChI is InChI=1S/C19H13F3N2O4S/c1-26-15-8-3-12(11-16(15)27-2)24-10-9-23-17(18(24)25)29-14-6-4-13(5-7-14)28-19(20,21)22/h3-8,11H,1-2H3. The number of aromatic nitrogens is 2. The van der Waals surface area contributed by atoms with Crippen molar-refractivity contribution in [3.63, 3.8) is 0 Å². The molecule has 29 heavy (non-hydrogen) atoms. The minimum atomic E-state index is -4.77. The maximum Gasteiger partial charge on any atom is 0.573 e. The highest BCUT2D eigenvalue weighted by atomic mass is 32.2. The number of hydrogen-bond donors (Lipinski definition) is 0. The number of benzene rings is 2. The monoisotopic (exact) mass is 422 g/mol. The van der Waals surface area contributed by atoms with Crippen molar-refractivity contribution < 1.29 is 27.4 Å². The molecule has 0 unspecified atom stereocenters. The van der Waals surface area contributed by atoms with Gasteiger partial charge in [0.1, 0.15) is 5.75 Å². The smallest absolute Gasteiger partial charge is 0.493 e. The zero-order valence-electron chi connectivity index (χ0n) is 15.1. The Kier molecular flexibility index (Phi) is 5.89. The van der Waals surface area contributed by atoms with Crippen LogP contribution in [0.3, 0.4) is 0 Å². The Labute approximate surface area is 167 Å². The van der Waals surface area contributed by atoms with Gasteiger partial charge in [0.25, 0.3) is 5.56 Å². The molecule has 0 bridgehead atoms. The van der Waals surface area contributed by atoms with Gasteiger partial charge in [-0.1, -0.05) is 11.8 Å². The second-order valence-corrected chi connectivity index (χ2v) is 6.50. The Morgan fingerprint density at radius 2 is 1.72 bits per heavy atom. The van der Waals surface area contributed by atoms with Crippen LogP contribution >= 0.6 is 11.8 Å². The SMILES string of the molecule is COc1ccc(-n2c#cnc(Sc3ccc(OC(F)(F)F)cc3)c2=O)cc1OC. The van der Waals surface area contributed by atoms with Crippen molar-refractivity contribution in [2.75, 3.05) is 14.2 Å². The summed E-state index contributed by atoms with van der Waals surface area (Å²) in [5.41, 5.74) is -0.0151. The number of rotatable bonds is 6. The van der Waals surface area contributed by atoms with Crippen LogP contribution < -0.4 is 19.8 Å². The van der Waals surface area contributed by atoms with Crippen LogP contribution in [0.4, 0.5) is 13.2 Å². The molecule has 0 spiro atoms. The van der Waals surface area contributed by atoms with E-state index < -0.39 is 11.9 Å². The van der Waals surface area contributed by atoms with Crippen LogP contribution in [-0.4, -0.2) is 30.1 Å². The molecule has 1 heterocycles. The van der Waals surface area contributed by atoms with Gasteiger partial charge in [-0.15, -0.1) is 13.2 Å². The van der Waals surface area contributed by atoms with Gasteiger partial charge in [-0.05, 0) is 36.4 Å². The van der Waals surface area contributed by atoms with Crippen molar-refractivity contribution in [3.05, 3.63) is 65.2 Å². The van der Waals surface area contributed by atoms with E-state index in [2.05, 4.69) is 22.1 Å². The van der Waals surface area contributed by atoms with E-state index in [0.29, 0.717) is 22.1 Å². The van der Waals surface area contributed by atoms with Crippen LogP contribution in [0.25, 0.3) is 5.69 Å². The third kappa shape index (κ3) is 4.94. The highest BCUT2D eigenvalue weighted by Gasteiger charge is 2.31. The van der Waals surface area contributed by atoms with E-state index in [1.54, 1.807) is 18.2 Å². The lowest BCUT2D eigenvalue weighted by molar-refractivity contribution is -0.274. The predicted octanol–water partition coefficient (Wildman–Crippen LogP) is 3.90. The molecule has 0 fully saturated rings. The van der Waals surface area contributed by atoms with Gasteiger partial charge in [0.15, 0.2) is 16.5 Å². The van der Waals surface area contributed by atoms with Gasteiger partial charge in [-0.2, -0.15) is 4.98 Å². The van der Waals surface area contributed by atoms with Gasteiger partial charge in [0, 0.05) is 17.2 Å². The molecule has 3 aromatic rings. The van der Waals surface area contributed by atoms with E-state index in [4.69, 9.17) is 9.47 Å². The van der Waals surface area contributed by atoms with Crippen molar-refractivity contribution in [1.82, 2.24) is 9.55 Å². The van der Waals surface area contributed by atoms with Crippen LogP contribution in [0.1, 0.15) is 0 Å². The van der Waals surface area contributed by atoms with E-state index in [9.17, 15) is 18.0 Å². The fourth-order valence-corrected chi connectivity index (χ4v) is 3.12. The number of ether oxygens (including phenoxy) is 3. The summed E-state index contributed by atoms with van der Waals surface area (Å²) in [7, 11) is 2.97. The summed E-state index contributed by atoms with van der Waals surface area (Å²) in [5, 5.41) is 0.0722. The molecule has 1 aromatic heterocycles. The maximum atomic E-state index is 12.8. The van der Waals surface area contributed by atoms with Crippen molar-refractivity contribution in [2.24, 2.45) is 0 Å². The van der Waals surface area contributed by atoms with Gasteiger partial charge >= 0.3 is 6.36 Å². The lowest BCUT2D eigenvalue weighted by Crippen LogP contribution is -2.19. The molecular weight excluding hydrogens is 409 g/mol. The molecule has 0 radical (unpaired) electrons. The largest absolute Gasteiger partial charge is 0.573 e. The highest BCUT2D eigenvalue weighted by molar-refractivity contribution is 7.99. The number of alkyl halides is 3. The zero-order chi connectivity index (χ0) is 21.0. The Balaban J connectivity index is 1.87. The molecule has 0 saturated heterocycles. The van der Waals surface area contributed by atoms with Crippen LogP contribution in [0, 0.1) is 12.4 Å². The number of hydrogen-bond acceptors (Lipinski definition) is 6. The Bertz CT molecular complexity index is 1050. The van der Waals surface area contributed by atoms with E-state index in [0.717, 1.165) is 23.9 Å². The highest BCUT2D eigenvalue weighted by Crippen LogP contribution is 2.30. The third-order valence-corrected chi connectivity index (χ3v) is 4.57. The summed E-state index contributed by atoms with van der Waals surface area (Å²) in [5.74, 6) is 0.570. The minimum Gasteiger partial charge on any atom is -0.493 e. The second kappa shape index (κ2) is 8.36. The van der Waals surface area contributed by atoms with E-state index in [1.807, 2.05) is 0 Å². The fraction of sp³-hybridized carbons (Fsp3) is 0.158. The zero-order valence-corrected chi connectivity index (χ0v) is 15.9. The molecule has 0 aliphatic rings. The quantitative estimate of drug-likeness (QED) is 0.601. The molecule has 2 aromatic carbocycles. The van der Waals surface area contributed by atoms with Crippen molar-refractivity contribution >= 4 is 11.8 Å². The summed E-state index contributed by atoms with van der Waals surface area (Å²) in [4.78, 5) is 17.2. The molecule has 0 saturated carbocycles. The summed E-state index contributed by atoms with van der Waals surface area (Å²) in [6, 6.07) is 9.98. The van der Waals surface area contributed by atoms with Crippen LogP contribution in [0.2, 0.25) is 0 Å². The Morgan fingerprint density at radius 3 is 2.34 bits per heavy atom. The first-order chi connectivity index (χ1) is 13.8. The number of halogens is 3.